The van der Waals surface area contributed by atoms with Crippen LogP contribution < -0.4 is 5.32 Å². The third-order valence-corrected chi connectivity index (χ3v) is 4.68. The van der Waals surface area contributed by atoms with Crippen molar-refractivity contribution in [2.24, 2.45) is 0 Å². The van der Waals surface area contributed by atoms with E-state index in [1.54, 1.807) is 18.0 Å². The first kappa shape index (κ1) is 16.8. The molecule has 0 aliphatic rings. The molecule has 22 heavy (non-hydrogen) atoms. The summed E-state index contributed by atoms with van der Waals surface area (Å²) in [4.78, 5) is 16.3. The lowest BCUT2D eigenvalue weighted by atomic mass is 10.2. The lowest BCUT2D eigenvalue weighted by Gasteiger charge is -2.12. The van der Waals surface area contributed by atoms with Gasteiger partial charge < -0.3 is 5.32 Å². The first-order valence-corrected chi connectivity index (χ1v) is 8.52. The van der Waals surface area contributed by atoms with Crippen molar-refractivity contribution in [3.63, 3.8) is 0 Å². The Kier molecular flexibility index (Phi) is 6.28. The second-order valence-electron chi connectivity index (χ2n) is 5.10. The van der Waals surface area contributed by atoms with Gasteiger partial charge in [-0.15, -0.1) is 11.8 Å². The number of pyridine rings is 1. The topological polar surface area (TPSA) is 42.0 Å². The van der Waals surface area contributed by atoms with E-state index in [0.29, 0.717) is 6.54 Å². The number of thioether (sulfide) groups is 1. The second-order valence-corrected chi connectivity index (χ2v) is 6.87. The van der Waals surface area contributed by atoms with E-state index in [-0.39, 0.29) is 11.2 Å². The molecule has 1 amide bonds. The Morgan fingerprint density at radius 3 is 2.68 bits per heavy atom. The van der Waals surface area contributed by atoms with Gasteiger partial charge >= 0.3 is 0 Å². The number of nitrogens with one attached hydrogen (secondary N) is 1. The summed E-state index contributed by atoms with van der Waals surface area (Å²) in [6, 6.07) is 11.6. The van der Waals surface area contributed by atoms with E-state index in [0.717, 1.165) is 22.0 Å². The van der Waals surface area contributed by atoms with Crippen LogP contribution >= 0.6 is 23.4 Å². The Morgan fingerprint density at radius 2 is 2.00 bits per heavy atom. The van der Waals surface area contributed by atoms with E-state index >= 15 is 0 Å². The minimum Gasteiger partial charge on any atom is -0.351 e. The number of carbonyl (C=O) groups is 1. The van der Waals surface area contributed by atoms with Gasteiger partial charge in [0.15, 0.2) is 0 Å². The average molecular weight is 335 g/mol. The van der Waals surface area contributed by atoms with Crippen molar-refractivity contribution >= 4 is 29.3 Å². The molecule has 0 saturated carbocycles. The Labute approximate surface area is 140 Å². The van der Waals surface area contributed by atoms with Crippen LogP contribution in [0.1, 0.15) is 23.7 Å². The van der Waals surface area contributed by atoms with Gasteiger partial charge in [-0.1, -0.05) is 23.7 Å². The number of amides is 1. The highest BCUT2D eigenvalue weighted by atomic mass is 35.5. The summed E-state index contributed by atoms with van der Waals surface area (Å²) in [7, 11) is 0. The van der Waals surface area contributed by atoms with Gasteiger partial charge in [0, 0.05) is 29.2 Å². The maximum atomic E-state index is 12.1. The fourth-order valence-electron chi connectivity index (χ4n) is 1.92. The van der Waals surface area contributed by atoms with Crippen LogP contribution in [0.25, 0.3) is 0 Å². The molecule has 0 fully saturated rings. The van der Waals surface area contributed by atoms with Crippen molar-refractivity contribution in [3.8, 4) is 0 Å². The molecule has 0 bridgehead atoms. The summed E-state index contributed by atoms with van der Waals surface area (Å²) < 4.78 is 0. The smallest absolute Gasteiger partial charge is 0.233 e. The van der Waals surface area contributed by atoms with E-state index in [9.17, 15) is 4.79 Å². The number of hydrogen-bond donors (Lipinski definition) is 1. The zero-order chi connectivity index (χ0) is 15.9. The summed E-state index contributed by atoms with van der Waals surface area (Å²) in [6.07, 6.45) is 1.76. The summed E-state index contributed by atoms with van der Waals surface area (Å²) in [5, 5.41) is 3.59. The fraction of sp³-hybridized carbons (Fsp3) is 0.294. The van der Waals surface area contributed by atoms with Gasteiger partial charge in [0.05, 0.1) is 5.25 Å². The van der Waals surface area contributed by atoms with Crippen molar-refractivity contribution < 1.29 is 4.79 Å². The van der Waals surface area contributed by atoms with E-state index in [2.05, 4.69) is 10.3 Å². The second kappa shape index (κ2) is 8.20. The van der Waals surface area contributed by atoms with Crippen LogP contribution in [0.15, 0.2) is 42.6 Å². The van der Waals surface area contributed by atoms with Gasteiger partial charge in [0.1, 0.15) is 0 Å². The highest BCUT2D eigenvalue weighted by Gasteiger charge is 2.13. The molecule has 2 rings (SSSR count). The first-order valence-electron chi connectivity index (χ1n) is 7.10. The lowest BCUT2D eigenvalue weighted by Crippen LogP contribution is -2.30. The fourth-order valence-corrected chi connectivity index (χ4v) is 2.92. The van der Waals surface area contributed by atoms with Crippen LogP contribution in [0, 0.1) is 6.92 Å². The number of rotatable bonds is 6. The summed E-state index contributed by atoms with van der Waals surface area (Å²) in [5.41, 5.74) is 3.19. The van der Waals surface area contributed by atoms with Gasteiger partial charge in [-0.25, -0.2) is 0 Å². The maximum absolute atomic E-state index is 12.1. The Bertz CT molecular complexity index is 631. The lowest BCUT2D eigenvalue weighted by molar-refractivity contribution is -0.120. The number of nitrogens with zero attached hydrogens (tertiary/aromatic N) is 1. The molecule has 1 aromatic heterocycles. The SMILES string of the molecule is Cc1cc(CNC(=O)[C@@H](C)SCc2ccc(Cl)cc2)ccn1. The summed E-state index contributed by atoms with van der Waals surface area (Å²) >= 11 is 7.47. The van der Waals surface area contributed by atoms with Crippen LogP contribution in [0.5, 0.6) is 0 Å². The molecule has 2 aromatic rings. The normalized spacial score (nSPS) is 12.0. The van der Waals surface area contributed by atoms with Gasteiger partial charge in [-0.3, -0.25) is 9.78 Å². The number of halogens is 1. The van der Waals surface area contributed by atoms with Crippen LogP contribution in [0.3, 0.4) is 0 Å². The molecule has 3 nitrogen and oxygen atoms in total. The van der Waals surface area contributed by atoms with Crippen molar-refractivity contribution in [1.29, 1.82) is 0 Å². The molecular formula is C17H19ClN2OS. The molecule has 0 radical (unpaired) electrons. The molecule has 0 spiro atoms. The molecule has 0 unspecified atom stereocenters. The maximum Gasteiger partial charge on any atom is 0.233 e. The van der Waals surface area contributed by atoms with E-state index in [1.165, 1.54) is 5.56 Å². The van der Waals surface area contributed by atoms with Crippen molar-refractivity contribution in [3.05, 3.63) is 64.4 Å². The molecule has 0 aliphatic heterocycles. The quantitative estimate of drug-likeness (QED) is 0.868. The minimum atomic E-state index is -0.0985. The molecule has 1 N–H and O–H groups in total. The molecule has 1 atom stereocenters. The molecule has 5 heteroatoms. The Morgan fingerprint density at radius 1 is 1.27 bits per heavy atom. The van der Waals surface area contributed by atoms with E-state index in [1.807, 2.05) is 50.2 Å². The largest absolute Gasteiger partial charge is 0.351 e. The zero-order valence-corrected chi connectivity index (χ0v) is 14.2. The molecule has 1 aromatic carbocycles. The third kappa shape index (κ3) is 5.35. The molecule has 0 saturated heterocycles. The van der Waals surface area contributed by atoms with Crippen LogP contribution in [0.2, 0.25) is 5.02 Å². The predicted octanol–water partition coefficient (Wildman–Crippen LogP) is 3.98. The number of hydrogen-bond acceptors (Lipinski definition) is 3. The standard InChI is InChI=1S/C17H19ClN2OS/c1-12-9-15(7-8-19-12)10-20-17(21)13(2)22-11-14-3-5-16(18)6-4-14/h3-9,13H,10-11H2,1-2H3,(H,20,21)/t13-/m1/s1. The predicted molar refractivity (Wildman–Crippen MR) is 93.0 cm³/mol. The summed E-state index contributed by atoms with van der Waals surface area (Å²) in [5.74, 6) is 0.841. The van der Waals surface area contributed by atoms with Crippen molar-refractivity contribution in [2.45, 2.75) is 31.4 Å². The van der Waals surface area contributed by atoms with Gasteiger partial charge in [0.25, 0.3) is 0 Å². The Hall–Kier alpha value is -1.52. The highest BCUT2D eigenvalue weighted by molar-refractivity contribution is 7.99. The van der Waals surface area contributed by atoms with Crippen LogP contribution in [-0.4, -0.2) is 16.1 Å². The molecule has 1 heterocycles. The number of aromatic nitrogens is 1. The van der Waals surface area contributed by atoms with E-state index in [4.69, 9.17) is 11.6 Å². The van der Waals surface area contributed by atoms with Gasteiger partial charge in [0.2, 0.25) is 5.91 Å². The van der Waals surface area contributed by atoms with Gasteiger partial charge in [-0.2, -0.15) is 0 Å². The Balaban J connectivity index is 1.78. The van der Waals surface area contributed by atoms with Crippen LogP contribution in [-0.2, 0) is 17.1 Å². The van der Waals surface area contributed by atoms with Gasteiger partial charge in [-0.05, 0) is 49.2 Å². The summed E-state index contributed by atoms with van der Waals surface area (Å²) in [6.45, 7) is 4.40. The first-order chi connectivity index (χ1) is 10.5. The monoisotopic (exact) mass is 334 g/mol. The third-order valence-electron chi connectivity index (χ3n) is 3.21. The van der Waals surface area contributed by atoms with E-state index < -0.39 is 0 Å². The number of aryl methyl sites for hydroxylation is 1. The molecule has 0 aliphatic carbocycles. The molecular weight excluding hydrogens is 316 g/mol. The zero-order valence-electron chi connectivity index (χ0n) is 12.7. The van der Waals surface area contributed by atoms with Crippen LogP contribution in [0.4, 0.5) is 0 Å². The number of carbonyl (C=O) groups excluding carboxylic acids is 1. The van der Waals surface area contributed by atoms with Crippen molar-refractivity contribution in [1.82, 2.24) is 10.3 Å². The number of benzene rings is 1. The van der Waals surface area contributed by atoms with Crippen molar-refractivity contribution in [2.75, 3.05) is 0 Å². The minimum absolute atomic E-state index is 0.0495. The average Bonchev–Trinajstić information content (AvgIpc) is 2.52. The molecule has 116 valence electrons. The highest BCUT2D eigenvalue weighted by Crippen LogP contribution is 2.19.